The van der Waals surface area contributed by atoms with Crippen molar-refractivity contribution >= 4 is 17.8 Å². The molecule has 1 heterocycles. The molecular weight excluding hydrogens is 258 g/mol. The maximum Gasteiger partial charge on any atom is 0.305 e. The Morgan fingerprint density at radius 2 is 1.85 bits per heavy atom. The smallest absolute Gasteiger partial charge is 0.305 e. The average molecular weight is 283 g/mol. The molecule has 1 fully saturated rings. The predicted octanol–water partition coefficient (Wildman–Crippen LogP) is 2.30. The van der Waals surface area contributed by atoms with E-state index in [2.05, 4.69) is 0 Å². The lowest BCUT2D eigenvalue weighted by Crippen LogP contribution is -2.50. The van der Waals surface area contributed by atoms with E-state index in [1.165, 1.54) is 4.90 Å². The summed E-state index contributed by atoms with van der Waals surface area (Å²) >= 11 is 0. The highest BCUT2D eigenvalue weighted by Crippen LogP contribution is 2.43. The topological polar surface area (TPSA) is 74.7 Å². The van der Waals surface area contributed by atoms with Crippen LogP contribution in [0.5, 0.6) is 0 Å². The summed E-state index contributed by atoms with van der Waals surface area (Å²) in [6, 6.07) is -0.611. The second-order valence-corrected chi connectivity index (χ2v) is 7.30. The summed E-state index contributed by atoms with van der Waals surface area (Å²) in [5.41, 5.74) is -1.19. The Kier molecular flexibility index (Phi) is 4.32. The molecule has 0 radical (unpaired) electrons. The zero-order chi connectivity index (χ0) is 15.9. The van der Waals surface area contributed by atoms with Gasteiger partial charge >= 0.3 is 5.97 Å². The van der Waals surface area contributed by atoms with Gasteiger partial charge in [-0.1, -0.05) is 34.6 Å². The molecule has 0 saturated carbocycles. The molecule has 0 aliphatic carbocycles. The van der Waals surface area contributed by atoms with E-state index in [0.29, 0.717) is 0 Å². The van der Waals surface area contributed by atoms with E-state index in [4.69, 9.17) is 5.11 Å². The molecule has 1 aliphatic heterocycles. The van der Waals surface area contributed by atoms with Crippen molar-refractivity contribution in [2.45, 2.75) is 60.4 Å². The lowest BCUT2D eigenvalue weighted by molar-refractivity contribution is -0.150. The van der Waals surface area contributed by atoms with Gasteiger partial charge in [0, 0.05) is 6.42 Å². The number of carbonyl (C=O) groups excluding carboxylic acids is 2. The number of rotatable bonds is 4. The van der Waals surface area contributed by atoms with E-state index in [0.717, 1.165) is 0 Å². The normalized spacial score (nSPS) is 25.4. The fraction of sp³-hybridized carbons (Fsp3) is 0.800. The molecular formula is C15H25NO4. The maximum atomic E-state index is 12.7. The Labute approximate surface area is 120 Å². The van der Waals surface area contributed by atoms with Crippen LogP contribution >= 0.6 is 0 Å². The first-order valence-electron chi connectivity index (χ1n) is 6.99. The summed E-state index contributed by atoms with van der Waals surface area (Å²) in [5, 5.41) is 9.07. The van der Waals surface area contributed by atoms with Gasteiger partial charge in [-0.05, 0) is 18.3 Å². The summed E-state index contributed by atoms with van der Waals surface area (Å²) < 4.78 is 0. The van der Waals surface area contributed by atoms with E-state index in [-0.39, 0.29) is 30.6 Å². The van der Waals surface area contributed by atoms with Crippen molar-refractivity contribution in [2.75, 3.05) is 0 Å². The lowest BCUT2D eigenvalue weighted by atomic mass is 9.77. The largest absolute Gasteiger partial charge is 0.481 e. The molecule has 20 heavy (non-hydrogen) atoms. The van der Waals surface area contributed by atoms with Crippen LogP contribution in [0.25, 0.3) is 0 Å². The molecule has 1 aliphatic rings. The molecule has 2 atom stereocenters. The van der Waals surface area contributed by atoms with Crippen LogP contribution in [0.1, 0.15) is 54.4 Å². The zero-order valence-corrected chi connectivity index (χ0v) is 13.2. The fourth-order valence-electron chi connectivity index (χ4n) is 2.58. The number of likely N-dealkylation sites (tertiary alicyclic amines) is 1. The first kappa shape index (κ1) is 16.7. The molecule has 0 aromatic rings. The van der Waals surface area contributed by atoms with Crippen LogP contribution in [0.15, 0.2) is 0 Å². The molecule has 0 bridgehead atoms. The van der Waals surface area contributed by atoms with Crippen LogP contribution in [-0.2, 0) is 14.4 Å². The van der Waals surface area contributed by atoms with Crippen LogP contribution in [0.3, 0.4) is 0 Å². The summed E-state index contributed by atoms with van der Waals surface area (Å²) in [4.78, 5) is 37.2. The van der Waals surface area contributed by atoms with Crippen molar-refractivity contribution in [1.82, 2.24) is 4.90 Å². The highest BCUT2D eigenvalue weighted by molar-refractivity contribution is 6.06. The van der Waals surface area contributed by atoms with E-state index < -0.39 is 22.8 Å². The average Bonchev–Trinajstić information content (AvgIpc) is 2.46. The molecule has 5 nitrogen and oxygen atoms in total. The molecule has 2 amide bonds. The number of amides is 2. The van der Waals surface area contributed by atoms with Gasteiger partial charge in [0.05, 0.1) is 17.9 Å². The molecule has 5 heteroatoms. The molecule has 0 spiro atoms. The summed E-state index contributed by atoms with van der Waals surface area (Å²) in [7, 11) is 0. The van der Waals surface area contributed by atoms with Gasteiger partial charge in [0.1, 0.15) is 0 Å². The van der Waals surface area contributed by atoms with Crippen molar-refractivity contribution < 1.29 is 19.5 Å². The van der Waals surface area contributed by atoms with Crippen molar-refractivity contribution in [3.8, 4) is 0 Å². The van der Waals surface area contributed by atoms with Crippen molar-refractivity contribution in [1.29, 1.82) is 0 Å². The third kappa shape index (κ3) is 2.86. The van der Waals surface area contributed by atoms with E-state index in [1.54, 1.807) is 6.92 Å². The molecule has 1 saturated heterocycles. The standard InChI is InChI=1S/C15H25NO4/c1-9(2)15(6)8-11(17)16(13(15)20)10(7-12(18)19)14(3,4)5/h9-10H,7-8H2,1-6H3,(H,18,19). The Balaban J connectivity index is 3.19. The van der Waals surface area contributed by atoms with Crippen molar-refractivity contribution in [3.05, 3.63) is 0 Å². The minimum atomic E-state index is -0.997. The minimum Gasteiger partial charge on any atom is -0.481 e. The Morgan fingerprint density at radius 3 is 2.15 bits per heavy atom. The molecule has 0 aromatic heterocycles. The second-order valence-electron chi connectivity index (χ2n) is 7.30. The van der Waals surface area contributed by atoms with Crippen LogP contribution in [0.2, 0.25) is 0 Å². The van der Waals surface area contributed by atoms with Crippen molar-refractivity contribution in [3.63, 3.8) is 0 Å². The van der Waals surface area contributed by atoms with E-state index in [1.807, 2.05) is 34.6 Å². The van der Waals surface area contributed by atoms with Gasteiger partial charge < -0.3 is 5.11 Å². The quantitative estimate of drug-likeness (QED) is 0.803. The Morgan fingerprint density at radius 1 is 1.35 bits per heavy atom. The first-order valence-corrected chi connectivity index (χ1v) is 6.99. The number of carboxylic acids is 1. The number of aliphatic carboxylic acids is 1. The number of imide groups is 1. The summed E-state index contributed by atoms with van der Waals surface area (Å²) in [5.74, 6) is -1.45. The minimum absolute atomic E-state index is 0.0365. The summed E-state index contributed by atoms with van der Waals surface area (Å²) in [6.07, 6.45) is -0.0507. The van der Waals surface area contributed by atoms with E-state index in [9.17, 15) is 14.4 Å². The number of nitrogens with zero attached hydrogens (tertiary/aromatic N) is 1. The predicted molar refractivity (Wildman–Crippen MR) is 74.9 cm³/mol. The van der Waals surface area contributed by atoms with E-state index >= 15 is 0 Å². The molecule has 2 unspecified atom stereocenters. The highest BCUT2D eigenvalue weighted by Gasteiger charge is 2.53. The monoisotopic (exact) mass is 283 g/mol. The third-order valence-corrected chi connectivity index (χ3v) is 4.45. The first-order chi connectivity index (χ1) is 8.91. The van der Waals surface area contributed by atoms with Gasteiger partial charge in [0.2, 0.25) is 11.8 Å². The van der Waals surface area contributed by atoms with Crippen LogP contribution in [0.4, 0.5) is 0 Å². The molecule has 1 N–H and O–H groups in total. The Hall–Kier alpha value is -1.39. The maximum absolute atomic E-state index is 12.7. The molecule has 0 aromatic carbocycles. The number of carboxylic acid groups (broad SMARTS) is 1. The second kappa shape index (κ2) is 5.19. The van der Waals surface area contributed by atoms with Gasteiger partial charge in [0.15, 0.2) is 0 Å². The van der Waals surface area contributed by atoms with Crippen LogP contribution in [-0.4, -0.2) is 33.8 Å². The SMILES string of the molecule is CC(C)C1(C)CC(=O)N(C(CC(=O)O)C(C)(C)C)C1=O. The third-order valence-electron chi connectivity index (χ3n) is 4.45. The summed E-state index contributed by atoms with van der Waals surface area (Å²) in [6.45, 7) is 11.2. The number of hydrogen-bond donors (Lipinski definition) is 1. The highest BCUT2D eigenvalue weighted by atomic mass is 16.4. The van der Waals surface area contributed by atoms with Crippen molar-refractivity contribution in [2.24, 2.45) is 16.7 Å². The van der Waals surface area contributed by atoms with Gasteiger partial charge in [-0.2, -0.15) is 0 Å². The van der Waals surface area contributed by atoms with Crippen LogP contribution < -0.4 is 0 Å². The number of carbonyl (C=O) groups is 3. The van der Waals surface area contributed by atoms with Gasteiger partial charge in [0.25, 0.3) is 0 Å². The molecule has 114 valence electrons. The lowest BCUT2D eigenvalue weighted by Gasteiger charge is -2.37. The zero-order valence-electron chi connectivity index (χ0n) is 13.2. The Bertz CT molecular complexity index is 436. The fourth-order valence-corrected chi connectivity index (χ4v) is 2.58. The van der Waals surface area contributed by atoms with Gasteiger partial charge in [-0.15, -0.1) is 0 Å². The van der Waals surface area contributed by atoms with Gasteiger partial charge in [-0.25, -0.2) is 0 Å². The van der Waals surface area contributed by atoms with Crippen LogP contribution in [0, 0.1) is 16.7 Å². The van der Waals surface area contributed by atoms with Gasteiger partial charge in [-0.3, -0.25) is 19.3 Å². The molecule has 1 rings (SSSR count). The number of hydrogen-bond acceptors (Lipinski definition) is 3.